The summed E-state index contributed by atoms with van der Waals surface area (Å²) in [5.41, 5.74) is 0.840. The monoisotopic (exact) mass is 268 g/mol. The van der Waals surface area contributed by atoms with Gasteiger partial charge in [-0.3, -0.25) is 9.35 Å². The zero-order chi connectivity index (χ0) is 13.6. The van der Waals surface area contributed by atoms with Crippen LogP contribution in [-0.2, 0) is 10.1 Å². The lowest BCUT2D eigenvalue weighted by Gasteiger charge is -1.95. The van der Waals surface area contributed by atoms with E-state index in [0.717, 1.165) is 5.56 Å². The Morgan fingerprint density at radius 1 is 1.17 bits per heavy atom. The summed E-state index contributed by atoms with van der Waals surface area (Å²) in [6.45, 7) is 1.84. The highest BCUT2D eigenvalue weighted by Crippen LogP contribution is 2.08. The fraction of sp³-hybridized carbons (Fsp3) is 0.0909. The van der Waals surface area contributed by atoms with Crippen molar-refractivity contribution in [3.05, 3.63) is 58.8 Å². The van der Waals surface area contributed by atoms with Crippen molar-refractivity contribution < 1.29 is 13.0 Å². The molecule has 0 aliphatic carbocycles. The first kappa shape index (κ1) is 14.1. The minimum Gasteiger partial charge on any atom is -0.313 e. The van der Waals surface area contributed by atoms with Gasteiger partial charge < -0.3 is 4.98 Å². The molecular formula is C11H12N2O4S. The van der Waals surface area contributed by atoms with Crippen molar-refractivity contribution in [2.75, 3.05) is 0 Å². The molecule has 6 nitrogen and oxygen atoms in total. The summed E-state index contributed by atoms with van der Waals surface area (Å²) < 4.78 is 29.6. The van der Waals surface area contributed by atoms with Crippen LogP contribution in [0.4, 0.5) is 0 Å². The second kappa shape index (κ2) is 6.08. The number of H-pyrrole nitrogens is 1. The van der Waals surface area contributed by atoms with Crippen LogP contribution in [0.2, 0.25) is 0 Å². The molecule has 7 heteroatoms. The Morgan fingerprint density at radius 2 is 1.78 bits per heavy atom. The topological polar surface area (TPSA) is 100 Å². The third-order valence-corrected chi connectivity index (χ3v) is 2.78. The quantitative estimate of drug-likeness (QED) is 0.752. The maximum Gasteiger partial charge on any atom is 0.294 e. The molecule has 0 bridgehead atoms. The molecule has 2 aromatic rings. The van der Waals surface area contributed by atoms with Gasteiger partial charge in [0, 0.05) is 12.3 Å². The maximum atomic E-state index is 10.5. The Labute approximate surface area is 104 Å². The average Bonchev–Trinajstić information content (AvgIpc) is 2.30. The van der Waals surface area contributed by atoms with E-state index in [4.69, 9.17) is 4.55 Å². The first-order valence-corrected chi connectivity index (χ1v) is 6.36. The van der Waals surface area contributed by atoms with Crippen LogP contribution in [0.15, 0.2) is 52.5 Å². The molecule has 1 aromatic heterocycles. The second-order valence-electron chi connectivity index (χ2n) is 3.39. The van der Waals surface area contributed by atoms with E-state index >= 15 is 0 Å². The van der Waals surface area contributed by atoms with Crippen molar-refractivity contribution in [2.24, 2.45) is 0 Å². The van der Waals surface area contributed by atoms with Gasteiger partial charge in [0.25, 0.3) is 15.7 Å². The zero-order valence-corrected chi connectivity index (χ0v) is 10.4. The standard InChI is InChI=1S/C7H8O3S.C4H4N2O/c1-6-2-4-7(5-3-6)11(8,9)10;7-4-1-2-5-3-6-4/h2-5H,1H3,(H,8,9,10);1-3H,(H,5,6,7). The van der Waals surface area contributed by atoms with E-state index in [1.54, 1.807) is 12.1 Å². The molecule has 0 saturated carbocycles. The van der Waals surface area contributed by atoms with E-state index in [-0.39, 0.29) is 10.5 Å². The van der Waals surface area contributed by atoms with Crippen molar-refractivity contribution in [1.29, 1.82) is 0 Å². The Bertz CT molecular complexity index is 630. The predicted molar refractivity (Wildman–Crippen MR) is 65.9 cm³/mol. The van der Waals surface area contributed by atoms with Gasteiger partial charge in [0.2, 0.25) is 0 Å². The van der Waals surface area contributed by atoms with Gasteiger partial charge in [0.15, 0.2) is 0 Å². The van der Waals surface area contributed by atoms with Gasteiger partial charge in [-0.25, -0.2) is 4.98 Å². The molecule has 0 spiro atoms. The Kier molecular flexibility index (Phi) is 4.75. The molecule has 0 saturated heterocycles. The van der Waals surface area contributed by atoms with Crippen molar-refractivity contribution in [3.63, 3.8) is 0 Å². The molecule has 0 amide bonds. The number of nitrogens with one attached hydrogen (secondary N) is 1. The summed E-state index contributed by atoms with van der Waals surface area (Å²) in [5, 5.41) is 0. The average molecular weight is 268 g/mol. The van der Waals surface area contributed by atoms with Crippen LogP contribution >= 0.6 is 0 Å². The molecule has 96 valence electrons. The van der Waals surface area contributed by atoms with Crippen LogP contribution in [0.1, 0.15) is 5.56 Å². The number of nitrogens with zero attached hydrogens (tertiary/aromatic N) is 1. The fourth-order valence-electron chi connectivity index (χ4n) is 1.01. The minimum atomic E-state index is -4.02. The number of hydrogen-bond donors (Lipinski definition) is 2. The Hall–Kier alpha value is -1.99. The van der Waals surface area contributed by atoms with E-state index in [9.17, 15) is 13.2 Å². The first-order chi connectivity index (χ1) is 8.39. The normalized spacial score (nSPS) is 10.3. The lowest BCUT2D eigenvalue weighted by atomic mass is 10.2. The van der Waals surface area contributed by atoms with E-state index in [2.05, 4.69) is 9.97 Å². The van der Waals surface area contributed by atoms with E-state index in [1.807, 2.05) is 6.92 Å². The fourth-order valence-corrected chi connectivity index (χ4v) is 1.49. The number of aromatic amines is 1. The van der Waals surface area contributed by atoms with Crippen LogP contribution < -0.4 is 5.56 Å². The number of benzene rings is 1. The van der Waals surface area contributed by atoms with Gasteiger partial charge in [-0.15, -0.1) is 0 Å². The van der Waals surface area contributed by atoms with Crippen LogP contribution in [0.5, 0.6) is 0 Å². The lowest BCUT2D eigenvalue weighted by Crippen LogP contribution is -2.00. The van der Waals surface area contributed by atoms with Gasteiger partial charge in [-0.05, 0) is 19.1 Å². The molecule has 0 aliphatic heterocycles. The van der Waals surface area contributed by atoms with Gasteiger partial charge in [-0.2, -0.15) is 8.42 Å². The first-order valence-electron chi connectivity index (χ1n) is 4.92. The van der Waals surface area contributed by atoms with Crippen LogP contribution in [0.25, 0.3) is 0 Å². The third kappa shape index (κ3) is 4.89. The molecule has 0 unspecified atom stereocenters. The highest BCUT2D eigenvalue weighted by molar-refractivity contribution is 7.85. The van der Waals surface area contributed by atoms with Gasteiger partial charge in [0.05, 0.1) is 11.2 Å². The van der Waals surface area contributed by atoms with Gasteiger partial charge in [0.1, 0.15) is 0 Å². The van der Waals surface area contributed by atoms with Crippen molar-refractivity contribution in [3.8, 4) is 0 Å². The summed E-state index contributed by atoms with van der Waals surface area (Å²) in [7, 11) is -4.02. The molecule has 0 aliphatic rings. The molecule has 1 aromatic carbocycles. The van der Waals surface area contributed by atoms with Gasteiger partial charge in [-0.1, -0.05) is 17.7 Å². The smallest absolute Gasteiger partial charge is 0.294 e. The molecule has 2 rings (SSSR count). The minimum absolute atomic E-state index is 0.0666. The van der Waals surface area contributed by atoms with E-state index in [1.165, 1.54) is 30.7 Å². The molecular weight excluding hydrogens is 256 g/mol. The summed E-state index contributed by atoms with van der Waals surface area (Å²) in [6.07, 6.45) is 2.79. The number of aromatic nitrogens is 2. The maximum absolute atomic E-state index is 10.5. The SMILES string of the molecule is Cc1ccc(S(=O)(=O)O)cc1.O=c1ccnc[nH]1. The zero-order valence-electron chi connectivity index (χ0n) is 9.57. The van der Waals surface area contributed by atoms with Crippen LogP contribution in [0, 0.1) is 6.92 Å². The highest BCUT2D eigenvalue weighted by atomic mass is 32.2. The van der Waals surface area contributed by atoms with Crippen molar-refractivity contribution in [2.45, 2.75) is 11.8 Å². The summed E-state index contributed by atoms with van der Waals surface area (Å²) >= 11 is 0. The Morgan fingerprint density at radius 3 is 2.11 bits per heavy atom. The molecule has 18 heavy (non-hydrogen) atoms. The molecule has 0 atom stereocenters. The number of hydrogen-bond acceptors (Lipinski definition) is 4. The van der Waals surface area contributed by atoms with Gasteiger partial charge >= 0.3 is 0 Å². The molecule has 1 heterocycles. The van der Waals surface area contributed by atoms with Crippen LogP contribution in [-0.4, -0.2) is 22.9 Å². The highest BCUT2D eigenvalue weighted by Gasteiger charge is 2.06. The van der Waals surface area contributed by atoms with E-state index < -0.39 is 10.1 Å². The molecule has 0 fully saturated rings. The largest absolute Gasteiger partial charge is 0.313 e. The summed E-state index contributed by atoms with van der Waals surface area (Å²) in [4.78, 5) is 16.1. The number of rotatable bonds is 1. The van der Waals surface area contributed by atoms with Crippen molar-refractivity contribution in [1.82, 2.24) is 9.97 Å². The molecule has 0 radical (unpaired) electrons. The lowest BCUT2D eigenvalue weighted by molar-refractivity contribution is 0.483. The van der Waals surface area contributed by atoms with Crippen LogP contribution in [0.3, 0.4) is 0 Å². The number of aryl methyl sites for hydroxylation is 1. The summed E-state index contributed by atoms with van der Waals surface area (Å²) in [6, 6.07) is 7.35. The Balaban J connectivity index is 0.000000199. The third-order valence-electron chi connectivity index (χ3n) is 1.91. The second-order valence-corrected chi connectivity index (χ2v) is 4.81. The summed E-state index contributed by atoms with van der Waals surface area (Å²) in [5.74, 6) is 0. The predicted octanol–water partition coefficient (Wildman–Crippen LogP) is 1.01. The van der Waals surface area contributed by atoms with Crippen molar-refractivity contribution >= 4 is 10.1 Å². The van der Waals surface area contributed by atoms with E-state index in [0.29, 0.717) is 0 Å². The molecule has 2 N–H and O–H groups in total.